The van der Waals surface area contributed by atoms with Crippen LogP contribution in [-0.2, 0) is 17.9 Å². The van der Waals surface area contributed by atoms with Gasteiger partial charge in [0.25, 0.3) is 5.91 Å². The van der Waals surface area contributed by atoms with Gasteiger partial charge in [0.05, 0.1) is 13.1 Å². The van der Waals surface area contributed by atoms with Crippen molar-refractivity contribution in [2.45, 2.75) is 26.1 Å². The van der Waals surface area contributed by atoms with Gasteiger partial charge in [0.2, 0.25) is 5.91 Å². The molecule has 2 amide bonds. The lowest BCUT2D eigenvalue weighted by atomic mass is 10.1. The minimum atomic E-state index is -0.703. The Bertz CT molecular complexity index is 1020. The molecule has 134 valence electrons. The van der Waals surface area contributed by atoms with E-state index in [0.717, 1.165) is 0 Å². The molecule has 2 aromatic heterocycles. The largest absolute Gasteiger partial charge is 0.357 e. The molecule has 0 radical (unpaired) electrons. The normalized spacial score (nSPS) is 16.6. The summed E-state index contributed by atoms with van der Waals surface area (Å²) in [5.74, 6) is 0.224. The Labute approximate surface area is 148 Å². The Hall–Kier alpha value is -3.23. The van der Waals surface area contributed by atoms with Gasteiger partial charge in [-0.15, -0.1) is 10.2 Å². The predicted molar refractivity (Wildman–Crippen MR) is 90.7 cm³/mol. The molecule has 0 bridgehead atoms. The van der Waals surface area contributed by atoms with E-state index in [1.165, 1.54) is 24.1 Å². The second kappa shape index (κ2) is 5.94. The lowest BCUT2D eigenvalue weighted by Gasteiger charge is -2.34. The van der Waals surface area contributed by atoms with Crippen molar-refractivity contribution in [1.29, 1.82) is 0 Å². The van der Waals surface area contributed by atoms with Gasteiger partial charge in [-0.2, -0.15) is 0 Å². The molecule has 4 rings (SSSR count). The molecule has 1 atom stereocenters. The van der Waals surface area contributed by atoms with E-state index >= 15 is 0 Å². The molecule has 8 nitrogen and oxygen atoms in total. The number of nitrogens with one attached hydrogen (secondary N) is 2. The smallest absolute Gasteiger partial charge is 0.271 e. The zero-order valence-electron chi connectivity index (χ0n) is 14.3. The number of hydrogen-bond donors (Lipinski definition) is 2. The number of nitrogens with zero attached hydrogens (tertiary/aromatic N) is 4. The first-order chi connectivity index (χ1) is 12.5. The average Bonchev–Trinajstić information content (AvgIpc) is 3.24. The number of carbonyl (C=O) groups excluding carboxylic acids is 2. The molecule has 3 heterocycles. The van der Waals surface area contributed by atoms with Gasteiger partial charge in [0.1, 0.15) is 23.4 Å². The fourth-order valence-electron chi connectivity index (χ4n) is 3.31. The first-order valence-corrected chi connectivity index (χ1v) is 8.18. The summed E-state index contributed by atoms with van der Waals surface area (Å²) < 4.78 is 15.8. The Balaban J connectivity index is 1.74. The number of hydrogen-bond acceptors (Lipinski definition) is 4. The molecular weight excluding hydrogens is 339 g/mol. The minimum Gasteiger partial charge on any atom is -0.357 e. The number of aryl methyl sites for hydroxylation is 1. The van der Waals surface area contributed by atoms with E-state index in [0.29, 0.717) is 22.6 Å². The molecular formula is C17H17FN6O2. The number of rotatable bonds is 2. The monoisotopic (exact) mass is 356 g/mol. The topological polar surface area (TPSA) is 95.9 Å². The highest BCUT2D eigenvalue weighted by molar-refractivity contribution is 6.00. The number of fused-ring (bicyclic) bond motifs is 2. The highest BCUT2D eigenvalue weighted by Gasteiger charge is 2.37. The summed E-state index contributed by atoms with van der Waals surface area (Å²) in [5.41, 5.74) is 0.754. The number of aromatic nitrogens is 4. The Morgan fingerprint density at radius 2 is 2.15 bits per heavy atom. The Morgan fingerprint density at radius 3 is 2.88 bits per heavy atom. The molecule has 1 aromatic carbocycles. The van der Waals surface area contributed by atoms with Crippen LogP contribution in [0.5, 0.6) is 0 Å². The summed E-state index contributed by atoms with van der Waals surface area (Å²) >= 11 is 0. The third-order valence-electron chi connectivity index (χ3n) is 4.71. The Kier molecular flexibility index (Phi) is 3.71. The number of aromatic amines is 1. The summed E-state index contributed by atoms with van der Waals surface area (Å²) in [6.45, 7) is 2.22. The van der Waals surface area contributed by atoms with Crippen LogP contribution in [0.2, 0.25) is 0 Å². The maximum atomic E-state index is 13.9. The van der Waals surface area contributed by atoms with E-state index < -0.39 is 11.9 Å². The third-order valence-corrected chi connectivity index (χ3v) is 4.71. The number of amides is 2. The van der Waals surface area contributed by atoms with Gasteiger partial charge >= 0.3 is 0 Å². The maximum absolute atomic E-state index is 13.9. The van der Waals surface area contributed by atoms with Crippen molar-refractivity contribution in [3.8, 4) is 0 Å². The molecule has 2 N–H and O–H groups in total. The Morgan fingerprint density at radius 1 is 1.35 bits per heavy atom. The van der Waals surface area contributed by atoms with Gasteiger partial charge in [-0.3, -0.25) is 9.59 Å². The van der Waals surface area contributed by atoms with Crippen molar-refractivity contribution in [2.75, 3.05) is 7.05 Å². The highest BCUT2D eigenvalue weighted by Crippen LogP contribution is 2.23. The van der Waals surface area contributed by atoms with Gasteiger partial charge in [0, 0.05) is 18.0 Å². The number of carbonyl (C=O) groups is 2. The van der Waals surface area contributed by atoms with E-state index in [-0.39, 0.29) is 30.6 Å². The summed E-state index contributed by atoms with van der Waals surface area (Å²) in [6.07, 6.45) is 0. The zero-order chi connectivity index (χ0) is 18.4. The second-order valence-electron chi connectivity index (χ2n) is 6.22. The van der Waals surface area contributed by atoms with Crippen molar-refractivity contribution in [1.82, 2.24) is 30.0 Å². The fraction of sp³-hybridized carbons (Fsp3) is 0.294. The van der Waals surface area contributed by atoms with E-state index in [1.54, 1.807) is 19.1 Å². The molecule has 0 fully saturated rings. The van der Waals surface area contributed by atoms with Gasteiger partial charge in [-0.25, -0.2) is 4.39 Å². The fourth-order valence-corrected chi connectivity index (χ4v) is 3.31. The van der Waals surface area contributed by atoms with E-state index in [9.17, 15) is 14.0 Å². The van der Waals surface area contributed by atoms with Gasteiger partial charge in [-0.1, -0.05) is 6.07 Å². The summed E-state index contributed by atoms with van der Waals surface area (Å²) in [4.78, 5) is 29.8. The number of H-pyrrole nitrogens is 1. The highest BCUT2D eigenvalue weighted by atomic mass is 19.1. The van der Waals surface area contributed by atoms with Crippen LogP contribution in [0.3, 0.4) is 0 Å². The van der Waals surface area contributed by atoms with Gasteiger partial charge in [0.15, 0.2) is 5.82 Å². The second-order valence-corrected chi connectivity index (χ2v) is 6.22. The summed E-state index contributed by atoms with van der Waals surface area (Å²) in [5, 5.41) is 11.0. The van der Waals surface area contributed by atoms with Crippen LogP contribution in [0, 0.1) is 12.7 Å². The quantitative estimate of drug-likeness (QED) is 0.715. The average molecular weight is 356 g/mol. The van der Waals surface area contributed by atoms with Crippen LogP contribution < -0.4 is 5.32 Å². The van der Waals surface area contributed by atoms with E-state index in [1.807, 2.05) is 4.57 Å². The summed E-state index contributed by atoms with van der Waals surface area (Å²) in [7, 11) is 1.53. The third kappa shape index (κ3) is 2.43. The molecule has 0 spiro atoms. The van der Waals surface area contributed by atoms with E-state index in [2.05, 4.69) is 20.5 Å². The van der Waals surface area contributed by atoms with Crippen LogP contribution in [0.15, 0.2) is 24.3 Å². The number of likely N-dealkylation sites (N-methyl/N-ethyl adjacent to an activating group) is 1. The molecule has 3 aromatic rings. The van der Waals surface area contributed by atoms with Crippen molar-refractivity contribution in [3.63, 3.8) is 0 Å². The SMILES string of the molecule is CNC(=O)C1Cn2c(C)nnc2CN1C(=O)c1cc2c(F)cccc2[nH]1. The van der Waals surface area contributed by atoms with Crippen LogP contribution in [0.1, 0.15) is 22.1 Å². The van der Waals surface area contributed by atoms with Gasteiger partial charge in [-0.05, 0) is 25.1 Å². The maximum Gasteiger partial charge on any atom is 0.271 e. The van der Waals surface area contributed by atoms with Crippen LogP contribution in [0.25, 0.3) is 10.9 Å². The number of benzene rings is 1. The van der Waals surface area contributed by atoms with E-state index in [4.69, 9.17) is 0 Å². The molecule has 1 aliphatic rings. The molecule has 0 saturated carbocycles. The van der Waals surface area contributed by atoms with Crippen LogP contribution >= 0.6 is 0 Å². The lowest BCUT2D eigenvalue weighted by Crippen LogP contribution is -2.53. The minimum absolute atomic E-state index is 0.148. The van der Waals surface area contributed by atoms with Crippen molar-refractivity contribution in [2.24, 2.45) is 0 Å². The van der Waals surface area contributed by atoms with Crippen LogP contribution in [0.4, 0.5) is 4.39 Å². The first kappa shape index (κ1) is 16.2. The molecule has 26 heavy (non-hydrogen) atoms. The molecule has 1 unspecified atom stereocenters. The first-order valence-electron chi connectivity index (χ1n) is 8.18. The molecule has 0 saturated heterocycles. The molecule has 1 aliphatic heterocycles. The van der Waals surface area contributed by atoms with Crippen molar-refractivity contribution >= 4 is 22.7 Å². The number of halogens is 1. The predicted octanol–water partition coefficient (Wildman–Crippen LogP) is 0.978. The summed E-state index contributed by atoms with van der Waals surface area (Å²) in [6, 6.07) is 5.37. The van der Waals surface area contributed by atoms with Crippen LogP contribution in [-0.4, -0.2) is 49.6 Å². The van der Waals surface area contributed by atoms with Crippen molar-refractivity contribution < 1.29 is 14.0 Å². The lowest BCUT2D eigenvalue weighted by molar-refractivity contribution is -0.126. The molecule has 9 heteroatoms. The van der Waals surface area contributed by atoms with Crippen molar-refractivity contribution in [3.05, 3.63) is 47.4 Å². The zero-order valence-corrected chi connectivity index (χ0v) is 14.3. The molecule has 0 aliphatic carbocycles. The standard InChI is InChI=1S/C17H17FN6O2/c1-9-21-22-15-8-24(14(7-23(9)15)16(25)19-2)17(26)13-6-10-11(18)4-3-5-12(10)20-13/h3-6,14,20H,7-8H2,1-2H3,(H,19,25). The van der Waals surface area contributed by atoms with Gasteiger partial charge < -0.3 is 19.8 Å².